The van der Waals surface area contributed by atoms with Crippen LogP contribution >= 0.6 is 46.3 Å². The molecule has 4 rings (SSSR count). The summed E-state index contributed by atoms with van der Waals surface area (Å²) in [5.74, 6) is 1.01. The second-order valence-electron chi connectivity index (χ2n) is 7.95. The van der Waals surface area contributed by atoms with Crippen molar-refractivity contribution in [1.82, 2.24) is 14.8 Å². The first kappa shape index (κ1) is 24.9. The fraction of sp³-hybridized carbons (Fsp3) is 0.391. The van der Waals surface area contributed by atoms with E-state index in [-0.39, 0.29) is 11.7 Å². The van der Waals surface area contributed by atoms with Crippen molar-refractivity contribution in [2.75, 3.05) is 11.1 Å². The topological polar surface area (TPSA) is 92.8 Å². The Balaban J connectivity index is 1.39. The lowest BCUT2D eigenvalue weighted by molar-refractivity contribution is -0.113. The number of halogens is 2. The molecule has 2 heterocycles. The molecule has 0 aliphatic heterocycles. The highest BCUT2D eigenvalue weighted by Crippen LogP contribution is 2.37. The Hall–Kier alpha value is -2.25. The van der Waals surface area contributed by atoms with Crippen LogP contribution < -0.4 is 10.1 Å². The van der Waals surface area contributed by atoms with Crippen LogP contribution in [-0.4, -0.2) is 26.4 Å². The number of rotatable bonds is 7. The van der Waals surface area contributed by atoms with Gasteiger partial charge in [0.15, 0.2) is 17.1 Å². The molecule has 0 spiro atoms. The van der Waals surface area contributed by atoms with Crippen molar-refractivity contribution >= 4 is 57.2 Å². The van der Waals surface area contributed by atoms with Crippen LogP contribution in [0, 0.1) is 11.3 Å². The highest BCUT2D eigenvalue weighted by molar-refractivity contribution is 7.99. The molecule has 1 atom stereocenters. The predicted octanol–water partition coefficient (Wildman–Crippen LogP) is 6.19. The largest absolute Gasteiger partial charge is 0.481 e. The molecule has 0 radical (unpaired) electrons. The minimum atomic E-state index is -0.434. The molecule has 1 unspecified atom stereocenters. The number of aromatic nitrogens is 3. The Bertz CT molecular complexity index is 1250. The number of amides is 1. The first-order valence-electron chi connectivity index (χ1n) is 10.9. The molecule has 1 aromatic carbocycles. The molecule has 1 amide bonds. The smallest absolute Gasteiger partial charge is 0.235 e. The zero-order valence-corrected chi connectivity index (χ0v) is 21.9. The molecule has 1 aliphatic rings. The van der Waals surface area contributed by atoms with Crippen LogP contribution in [0.15, 0.2) is 23.4 Å². The van der Waals surface area contributed by atoms with Gasteiger partial charge >= 0.3 is 0 Å². The maximum absolute atomic E-state index is 12.7. The van der Waals surface area contributed by atoms with Crippen molar-refractivity contribution in [2.24, 2.45) is 7.05 Å². The average Bonchev–Trinajstić information content (AvgIpc) is 3.24. The van der Waals surface area contributed by atoms with Crippen molar-refractivity contribution in [2.45, 2.75) is 50.3 Å². The van der Waals surface area contributed by atoms with Gasteiger partial charge in [0, 0.05) is 23.0 Å². The van der Waals surface area contributed by atoms with E-state index in [4.69, 9.17) is 27.9 Å². The van der Waals surface area contributed by atoms with Gasteiger partial charge in [0.2, 0.25) is 5.91 Å². The molecule has 11 heteroatoms. The summed E-state index contributed by atoms with van der Waals surface area (Å²) in [4.78, 5) is 13.9. The third-order valence-electron chi connectivity index (χ3n) is 5.55. The van der Waals surface area contributed by atoms with Crippen molar-refractivity contribution in [3.63, 3.8) is 0 Å². The molecule has 34 heavy (non-hydrogen) atoms. The summed E-state index contributed by atoms with van der Waals surface area (Å²) >= 11 is 15.0. The van der Waals surface area contributed by atoms with Gasteiger partial charge in [-0.05, 0) is 50.3 Å². The van der Waals surface area contributed by atoms with Gasteiger partial charge in [-0.2, -0.15) is 5.26 Å². The Morgan fingerprint density at radius 1 is 1.32 bits per heavy atom. The summed E-state index contributed by atoms with van der Waals surface area (Å²) in [6.45, 7) is 1.84. The number of carbonyl (C=O) groups is 1. The zero-order chi connectivity index (χ0) is 24.2. The lowest BCUT2D eigenvalue weighted by atomic mass is 10.1. The number of aryl methyl sites for hydroxylation is 1. The first-order valence-corrected chi connectivity index (χ1v) is 13.4. The van der Waals surface area contributed by atoms with Crippen LogP contribution in [0.3, 0.4) is 0 Å². The van der Waals surface area contributed by atoms with Gasteiger partial charge in [-0.15, -0.1) is 21.5 Å². The van der Waals surface area contributed by atoms with Gasteiger partial charge in [-0.3, -0.25) is 4.79 Å². The monoisotopic (exact) mass is 535 g/mol. The van der Waals surface area contributed by atoms with E-state index in [0.29, 0.717) is 37.3 Å². The second kappa shape index (κ2) is 11.0. The molecule has 0 bridgehead atoms. The van der Waals surface area contributed by atoms with Gasteiger partial charge in [-0.25, -0.2) is 0 Å². The van der Waals surface area contributed by atoms with Gasteiger partial charge < -0.3 is 14.6 Å². The number of hydrogen-bond acceptors (Lipinski definition) is 7. The fourth-order valence-corrected chi connectivity index (χ4v) is 6.16. The molecule has 7 nitrogen and oxygen atoms in total. The minimum Gasteiger partial charge on any atom is -0.481 e. The number of ether oxygens (including phenoxy) is 1. The molecule has 2 aromatic heterocycles. The molecule has 0 saturated carbocycles. The zero-order valence-electron chi connectivity index (χ0n) is 18.7. The predicted molar refractivity (Wildman–Crippen MR) is 136 cm³/mol. The Kier molecular flexibility index (Phi) is 8.04. The molecule has 0 fully saturated rings. The summed E-state index contributed by atoms with van der Waals surface area (Å²) in [7, 11) is 1.82. The number of thiophene rings is 1. The second-order valence-corrected chi connectivity index (χ2v) is 10.8. The summed E-state index contributed by atoms with van der Waals surface area (Å²) in [5.41, 5.74) is 1.73. The standard InChI is InChI=1S/C23H23Cl2N5O2S2/c1-13(32-18-10-14(24)8-9-17(18)25)21-28-29-23(30(21)2)33-12-20(31)27-22-16(11-26)15-6-4-3-5-7-19(15)34-22/h8-10,13H,3-7,12H2,1-2H3,(H,27,31). The summed E-state index contributed by atoms with van der Waals surface area (Å²) in [6.07, 6.45) is 4.84. The van der Waals surface area contributed by atoms with E-state index in [1.807, 2.05) is 14.0 Å². The number of nitrogens with zero attached hydrogens (tertiary/aromatic N) is 4. The molecular formula is C23H23Cl2N5O2S2. The van der Waals surface area contributed by atoms with Crippen molar-refractivity contribution in [3.05, 3.63) is 50.1 Å². The van der Waals surface area contributed by atoms with Crippen molar-refractivity contribution in [3.8, 4) is 11.8 Å². The summed E-state index contributed by atoms with van der Waals surface area (Å²) < 4.78 is 7.71. The van der Waals surface area contributed by atoms with Gasteiger partial charge in [0.25, 0.3) is 0 Å². The number of anilines is 1. The van der Waals surface area contributed by atoms with E-state index in [9.17, 15) is 10.1 Å². The van der Waals surface area contributed by atoms with E-state index in [0.717, 1.165) is 31.2 Å². The van der Waals surface area contributed by atoms with Crippen molar-refractivity contribution in [1.29, 1.82) is 5.26 Å². The van der Waals surface area contributed by atoms with Gasteiger partial charge in [0.1, 0.15) is 16.8 Å². The summed E-state index contributed by atoms with van der Waals surface area (Å²) in [6, 6.07) is 7.31. The average molecular weight is 537 g/mol. The van der Waals surface area contributed by atoms with Crippen LogP contribution in [0.2, 0.25) is 10.0 Å². The molecule has 1 N–H and O–H groups in total. The number of nitriles is 1. The normalized spacial score (nSPS) is 14.1. The van der Waals surface area contributed by atoms with Crippen LogP contribution in [0.25, 0.3) is 0 Å². The quantitative estimate of drug-likeness (QED) is 0.286. The van der Waals surface area contributed by atoms with E-state index >= 15 is 0 Å². The van der Waals surface area contributed by atoms with E-state index < -0.39 is 6.10 Å². The highest BCUT2D eigenvalue weighted by atomic mass is 35.5. The number of nitrogens with one attached hydrogen (secondary N) is 1. The van der Waals surface area contributed by atoms with E-state index in [1.54, 1.807) is 22.8 Å². The number of thioether (sulfide) groups is 1. The maximum Gasteiger partial charge on any atom is 0.235 e. The first-order chi connectivity index (χ1) is 16.4. The SMILES string of the molecule is CC(Oc1cc(Cl)ccc1Cl)c1nnc(SCC(=O)Nc2sc3c(c2C#N)CCCCC3)n1C. The Morgan fingerprint density at radius 2 is 2.12 bits per heavy atom. The van der Waals surface area contributed by atoms with Crippen LogP contribution in [0.4, 0.5) is 5.00 Å². The molecule has 3 aromatic rings. The molecule has 178 valence electrons. The number of benzene rings is 1. The minimum absolute atomic E-state index is 0.148. The third-order valence-corrected chi connectivity index (χ3v) is 8.32. The lowest BCUT2D eigenvalue weighted by Gasteiger charge is -2.15. The highest BCUT2D eigenvalue weighted by Gasteiger charge is 2.22. The number of hydrogen-bond donors (Lipinski definition) is 1. The van der Waals surface area contributed by atoms with Crippen LogP contribution in [0.5, 0.6) is 5.75 Å². The molecule has 1 aliphatic carbocycles. The molecule has 0 saturated heterocycles. The van der Waals surface area contributed by atoms with Crippen LogP contribution in [0.1, 0.15) is 54.1 Å². The van der Waals surface area contributed by atoms with E-state index in [2.05, 4.69) is 21.6 Å². The van der Waals surface area contributed by atoms with E-state index in [1.165, 1.54) is 34.4 Å². The Labute approximate surface area is 216 Å². The lowest BCUT2D eigenvalue weighted by Crippen LogP contribution is -2.15. The maximum atomic E-state index is 12.7. The van der Waals surface area contributed by atoms with Crippen molar-refractivity contribution < 1.29 is 9.53 Å². The van der Waals surface area contributed by atoms with Crippen LogP contribution in [-0.2, 0) is 24.7 Å². The summed E-state index contributed by atoms with van der Waals surface area (Å²) in [5, 5.41) is 23.2. The van der Waals surface area contributed by atoms with Gasteiger partial charge in [-0.1, -0.05) is 41.4 Å². The molecular weight excluding hydrogens is 513 g/mol. The third kappa shape index (κ3) is 5.52. The Morgan fingerprint density at radius 3 is 2.91 bits per heavy atom. The number of carbonyl (C=O) groups excluding carboxylic acids is 1. The number of fused-ring (bicyclic) bond motifs is 1. The van der Waals surface area contributed by atoms with Gasteiger partial charge in [0.05, 0.1) is 16.3 Å². The fourth-order valence-electron chi connectivity index (χ4n) is 3.86.